The fourth-order valence-electron chi connectivity index (χ4n) is 2.31. The predicted molar refractivity (Wildman–Crippen MR) is 46.9 cm³/mol. The Labute approximate surface area is 73.9 Å². The lowest BCUT2D eigenvalue weighted by atomic mass is 10.1. The van der Waals surface area contributed by atoms with Gasteiger partial charge in [-0.1, -0.05) is 0 Å². The van der Waals surface area contributed by atoms with Crippen molar-refractivity contribution in [3.8, 4) is 0 Å². The van der Waals surface area contributed by atoms with Crippen LogP contribution in [0.25, 0.3) is 0 Å². The molecule has 0 bridgehead atoms. The van der Waals surface area contributed by atoms with Crippen molar-refractivity contribution in [2.45, 2.75) is 38.3 Å². The van der Waals surface area contributed by atoms with Crippen LogP contribution >= 0.6 is 0 Å². The first-order valence-electron chi connectivity index (χ1n) is 5.07. The molecule has 0 aromatic heterocycles. The first-order valence-corrected chi connectivity index (χ1v) is 5.07. The number of piperidine rings is 1. The summed E-state index contributed by atoms with van der Waals surface area (Å²) in [6.07, 6.45) is 6.53. The third-order valence-electron chi connectivity index (χ3n) is 3.01. The summed E-state index contributed by atoms with van der Waals surface area (Å²) in [5.74, 6) is 0. The summed E-state index contributed by atoms with van der Waals surface area (Å²) in [6, 6.07) is 0. The van der Waals surface area contributed by atoms with E-state index >= 15 is 0 Å². The molecule has 0 spiro atoms. The van der Waals surface area contributed by atoms with Gasteiger partial charge in [0.05, 0.1) is 6.17 Å². The summed E-state index contributed by atoms with van der Waals surface area (Å²) in [4.78, 5) is 2.42. The van der Waals surface area contributed by atoms with Crippen molar-refractivity contribution in [2.24, 2.45) is 0 Å². The highest BCUT2D eigenvalue weighted by atomic mass is 16.5. The van der Waals surface area contributed by atoms with Crippen molar-refractivity contribution < 1.29 is 5.21 Å². The van der Waals surface area contributed by atoms with Crippen LogP contribution in [-0.2, 0) is 0 Å². The monoisotopic (exact) mass is 170 g/mol. The van der Waals surface area contributed by atoms with Crippen LogP contribution in [0, 0.1) is 0 Å². The number of hydroxylamine groups is 2. The molecule has 0 amide bonds. The lowest BCUT2D eigenvalue weighted by molar-refractivity contribution is -0.183. The minimum absolute atomic E-state index is 0.334. The minimum atomic E-state index is 0.334. The van der Waals surface area contributed by atoms with Gasteiger partial charge in [-0.15, -0.1) is 0 Å². The second kappa shape index (κ2) is 3.73. The molecule has 1 N–H and O–H groups in total. The van der Waals surface area contributed by atoms with E-state index in [9.17, 15) is 5.21 Å². The summed E-state index contributed by atoms with van der Waals surface area (Å²) in [5, 5.41) is 11.2. The van der Waals surface area contributed by atoms with Crippen molar-refractivity contribution >= 4 is 0 Å². The Morgan fingerprint density at radius 3 is 2.25 bits per heavy atom. The molecule has 70 valence electrons. The molecule has 3 heteroatoms. The van der Waals surface area contributed by atoms with Crippen molar-refractivity contribution in [2.75, 3.05) is 19.6 Å². The van der Waals surface area contributed by atoms with E-state index in [-0.39, 0.29) is 0 Å². The molecule has 1 atom stereocenters. The SMILES string of the molecule is ON1CCCCC1N1CCCC1. The quantitative estimate of drug-likeness (QED) is 0.642. The molecule has 1 unspecified atom stereocenters. The molecular weight excluding hydrogens is 152 g/mol. The average Bonchev–Trinajstić information content (AvgIpc) is 2.57. The van der Waals surface area contributed by atoms with E-state index in [2.05, 4.69) is 4.90 Å². The maximum Gasteiger partial charge on any atom is 0.0865 e. The van der Waals surface area contributed by atoms with Crippen LogP contribution < -0.4 is 0 Å². The number of rotatable bonds is 1. The maximum absolute atomic E-state index is 9.62. The highest BCUT2D eigenvalue weighted by Crippen LogP contribution is 2.21. The zero-order valence-electron chi connectivity index (χ0n) is 7.58. The van der Waals surface area contributed by atoms with Crippen LogP contribution in [0.1, 0.15) is 32.1 Å². The topological polar surface area (TPSA) is 26.7 Å². The van der Waals surface area contributed by atoms with Crippen molar-refractivity contribution in [3.05, 3.63) is 0 Å². The number of hydrogen-bond acceptors (Lipinski definition) is 3. The van der Waals surface area contributed by atoms with Gasteiger partial charge >= 0.3 is 0 Å². The van der Waals surface area contributed by atoms with Gasteiger partial charge in [0, 0.05) is 6.54 Å². The molecule has 2 rings (SSSR count). The van der Waals surface area contributed by atoms with Gasteiger partial charge < -0.3 is 5.21 Å². The number of hydrogen-bond donors (Lipinski definition) is 1. The molecular formula is C9H18N2O. The lowest BCUT2D eigenvalue weighted by Gasteiger charge is -2.36. The van der Waals surface area contributed by atoms with Crippen molar-refractivity contribution in [3.63, 3.8) is 0 Å². The maximum atomic E-state index is 9.62. The lowest BCUT2D eigenvalue weighted by Crippen LogP contribution is -2.48. The zero-order chi connectivity index (χ0) is 8.39. The summed E-state index contributed by atoms with van der Waals surface area (Å²) in [7, 11) is 0. The van der Waals surface area contributed by atoms with E-state index in [0.29, 0.717) is 6.17 Å². The second-order valence-electron chi connectivity index (χ2n) is 3.88. The van der Waals surface area contributed by atoms with E-state index in [1.165, 1.54) is 37.4 Å². The van der Waals surface area contributed by atoms with Gasteiger partial charge in [-0.25, -0.2) is 0 Å². The summed E-state index contributed by atoms with van der Waals surface area (Å²) < 4.78 is 0. The third-order valence-corrected chi connectivity index (χ3v) is 3.01. The van der Waals surface area contributed by atoms with E-state index < -0.39 is 0 Å². The third kappa shape index (κ3) is 1.63. The van der Waals surface area contributed by atoms with Gasteiger partial charge in [0.15, 0.2) is 0 Å². The molecule has 0 saturated carbocycles. The summed E-state index contributed by atoms with van der Waals surface area (Å²) in [5.41, 5.74) is 0. The van der Waals surface area contributed by atoms with Crippen LogP contribution in [0.15, 0.2) is 0 Å². The van der Waals surface area contributed by atoms with Crippen molar-refractivity contribution in [1.82, 2.24) is 9.96 Å². The first kappa shape index (κ1) is 8.48. The molecule has 2 saturated heterocycles. The standard InChI is InChI=1S/C9H18N2O/c12-11-8-2-1-5-9(11)10-6-3-4-7-10/h9,12H,1-8H2. The molecule has 0 radical (unpaired) electrons. The molecule has 2 fully saturated rings. The first-order chi connectivity index (χ1) is 5.88. The van der Waals surface area contributed by atoms with Crippen LogP contribution in [-0.4, -0.2) is 41.0 Å². The van der Waals surface area contributed by atoms with Gasteiger partial charge in [0.1, 0.15) is 0 Å². The Morgan fingerprint density at radius 1 is 0.917 bits per heavy atom. The molecule has 2 aliphatic rings. The molecule has 2 heterocycles. The predicted octanol–water partition coefficient (Wildman–Crippen LogP) is 1.28. The van der Waals surface area contributed by atoms with E-state index in [0.717, 1.165) is 19.4 Å². The zero-order valence-corrected chi connectivity index (χ0v) is 7.58. The Bertz CT molecular complexity index is 145. The van der Waals surface area contributed by atoms with Crippen LogP contribution in [0.3, 0.4) is 0 Å². The summed E-state index contributed by atoms with van der Waals surface area (Å²) in [6.45, 7) is 3.23. The molecule has 3 nitrogen and oxygen atoms in total. The van der Waals surface area contributed by atoms with Gasteiger partial charge in [0.25, 0.3) is 0 Å². The van der Waals surface area contributed by atoms with Crippen LogP contribution in [0.2, 0.25) is 0 Å². The van der Waals surface area contributed by atoms with Gasteiger partial charge in [0.2, 0.25) is 0 Å². The molecule has 12 heavy (non-hydrogen) atoms. The van der Waals surface area contributed by atoms with Gasteiger partial charge in [-0.2, -0.15) is 5.06 Å². The Hall–Kier alpha value is -0.120. The number of nitrogens with zero attached hydrogens (tertiary/aromatic N) is 2. The van der Waals surface area contributed by atoms with E-state index in [4.69, 9.17) is 0 Å². The van der Waals surface area contributed by atoms with E-state index in [1.807, 2.05) is 0 Å². The van der Waals surface area contributed by atoms with E-state index in [1.54, 1.807) is 0 Å². The Kier molecular flexibility index (Phi) is 2.63. The largest absolute Gasteiger partial charge is 0.312 e. The highest BCUT2D eigenvalue weighted by molar-refractivity contribution is 4.76. The van der Waals surface area contributed by atoms with Gasteiger partial charge in [-0.3, -0.25) is 4.90 Å². The summed E-state index contributed by atoms with van der Waals surface area (Å²) >= 11 is 0. The van der Waals surface area contributed by atoms with Gasteiger partial charge in [-0.05, 0) is 45.2 Å². The smallest absolute Gasteiger partial charge is 0.0865 e. The minimum Gasteiger partial charge on any atom is -0.312 e. The average molecular weight is 170 g/mol. The second-order valence-corrected chi connectivity index (χ2v) is 3.88. The normalized spacial score (nSPS) is 34.2. The molecule has 0 aromatic rings. The van der Waals surface area contributed by atoms with Crippen LogP contribution in [0.5, 0.6) is 0 Å². The molecule has 0 aromatic carbocycles. The number of likely N-dealkylation sites (tertiary alicyclic amines) is 1. The molecule has 2 aliphatic heterocycles. The fraction of sp³-hybridized carbons (Fsp3) is 1.00. The molecule has 0 aliphatic carbocycles. The highest BCUT2D eigenvalue weighted by Gasteiger charge is 2.28. The fourth-order valence-corrected chi connectivity index (χ4v) is 2.31. The Balaban J connectivity index is 1.91. The van der Waals surface area contributed by atoms with Crippen molar-refractivity contribution in [1.29, 1.82) is 0 Å². The van der Waals surface area contributed by atoms with Crippen LogP contribution in [0.4, 0.5) is 0 Å². The Morgan fingerprint density at radius 2 is 1.58 bits per heavy atom.